The van der Waals surface area contributed by atoms with Crippen molar-refractivity contribution in [1.29, 1.82) is 0 Å². The standard InChI is InChI=1S/C14H19BrN4/c1-2-8-19-9-7-17-14(19)13(18-16)10-11-5-3-4-6-12(11)15/h3-7,9,13,18H,2,8,10,16H2,1H3. The van der Waals surface area contributed by atoms with Crippen LogP contribution in [0.5, 0.6) is 0 Å². The van der Waals surface area contributed by atoms with Crippen LogP contribution >= 0.6 is 15.9 Å². The van der Waals surface area contributed by atoms with Gasteiger partial charge in [-0.15, -0.1) is 0 Å². The van der Waals surface area contributed by atoms with Gasteiger partial charge in [0.2, 0.25) is 0 Å². The van der Waals surface area contributed by atoms with Gasteiger partial charge in [0.1, 0.15) is 5.82 Å². The summed E-state index contributed by atoms with van der Waals surface area (Å²) < 4.78 is 3.25. The lowest BCUT2D eigenvalue weighted by Crippen LogP contribution is -2.32. The molecule has 1 aromatic heterocycles. The van der Waals surface area contributed by atoms with Gasteiger partial charge in [0.05, 0.1) is 6.04 Å². The highest BCUT2D eigenvalue weighted by atomic mass is 79.9. The fourth-order valence-corrected chi connectivity index (χ4v) is 2.62. The predicted molar refractivity (Wildman–Crippen MR) is 80.4 cm³/mol. The van der Waals surface area contributed by atoms with E-state index in [9.17, 15) is 0 Å². The number of aromatic nitrogens is 2. The smallest absolute Gasteiger partial charge is 0.127 e. The Morgan fingerprint density at radius 1 is 1.42 bits per heavy atom. The first-order valence-electron chi connectivity index (χ1n) is 6.46. The average Bonchev–Trinajstić information content (AvgIpc) is 2.86. The van der Waals surface area contributed by atoms with E-state index >= 15 is 0 Å². The van der Waals surface area contributed by atoms with E-state index in [4.69, 9.17) is 5.84 Å². The van der Waals surface area contributed by atoms with E-state index in [1.165, 1.54) is 5.56 Å². The van der Waals surface area contributed by atoms with E-state index in [-0.39, 0.29) is 6.04 Å². The minimum absolute atomic E-state index is 0.0141. The second-order valence-corrected chi connectivity index (χ2v) is 5.35. The molecule has 0 bridgehead atoms. The van der Waals surface area contributed by atoms with Crippen molar-refractivity contribution in [3.05, 3.63) is 52.5 Å². The summed E-state index contributed by atoms with van der Waals surface area (Å²) in [5.41, 5.74) is 4.09. The van der Waals surface area contributed by atoms with E-state index in [0.29, 0.717) is 0 Å². The number of imidazole rings is 1. The summed E-state index contributed by atoms with van der Waals surface area (Å²) in [6, 6.07) is 8.20. The van der Waals surface area contributed by atoms with Gasteiger partial charge in [0, 0.05) is 23.4 Å². The molecule has 1 aromatic carbocycles. The molecule has 4 nitrogen and oxygen atoms in total. The van der Waals surface area contributed by atoms with Crippen molar-refractivity contribution < 1.29 is 0 Å². The third-order valence-corrected chi connectivity index (χ3v) is 3.88. The molecule has 0 aliphatic carbocycles. The molecule has 3 N–H and O–H groups in total. The van der Waals surface area contributed by atoms with Crippen molar-refractivity contribution in [3.8, 4) is 0 Å². The molecule has 19 heavy (non-hydrogen) atoms. The molecule has 0 aliphatic heterocycles. The third kappa shape index (κ3) is 3.43. The molecule has 1 heterocycles. The number of nitrogens with zero attached hydrogens (tertiary/aromatic N) is 2. The predicted octanol–water partition coefficient (Wildman–Crippen LogP) is 2.80. The van der Waals surface area contributed by atoms with E-state index < -0.39 is 0 Å². The molecule has 1 unspecified atom stereocenters. The number of benzene rings is 1. The van der Waals surface area contributed by atoms with Crippen LogP contribution in [0.25, 0.3) is 0 Å². The van der Waals surface area contributed by atoms with Crippen LogP contribution < -0.4 is 11.3 Å². The number of rotatable bonds is 6. The molecule has 0 spiro atoms. The number of hydrogen-bond donors (Lipinski definition) is 2. The Balaban J connectivity index is 2.20. The Kier molecular flexibility index (Phi) is 5.13. The SMILES string of the molecule is CCCn1ccnc1C(Cc1ccccc1Br)NN. The molecular formula is C14H19BrN4. The van der Waals surface area contributed by atoms with Crippen LogP contribution in [0.2, 0.25) is 0 Å². The quantitative estimate of drug-likeness (QED) is 0.635. The lowest BCUT2D eigenvalue weighted by Gasteiger charge is -2.18. The zero-order chi connectivity index (χ0) is 13.7. The number of nitrogens with one attached hydrogen (secondary N) is 1. The lowest BCUT2D eigenvalue weighted by molar-refractivity contribution is 0.487. The van der Waals surface area contributed by atoms with Crippen LogP contribution in [0.15, 0.2) is 41.1 Å². The van der Waals surface area contributed by atoms with Crippen LogP contribution in [0.4, 0.5) is 0 Å². The fraction of sp³-hybridized carbons (Fsp3) is 0.357. The van der Waals surface area contributed by atoms with Gasteiger partial charge in [-0.3, -0.25) is 5.84 Å². The number of hydrogen-bond acceptors (Lipinski definition) is 3. The summed E-state index contributed by atoms with van der Waals surface area (Å²) in [5, 5.41) is 0. The van der Waals surface area contributed by atoms with Crippen molar-refractivity contribution in [3.63, 3.8) is 0 Å². The van der Waals surface area contributed by atoms with Crippen LogP contribution in [0, 0.1) is 0 Å². The summed E-state index contributed by atoms with van der Waals surface area (Å²) in [6.07, 6.45) is 5.72. The van der Waals surface area contributed by atoms with Crippen molar-refractivity contribution >= 4 is 15.9 Å². The second-order valence-electron chi connectivity index (χ2n) is 4.49. The molecule has 0 aliphatic rings. The average molecular weight is 323 g/mol. The number of hydrazine groups is 1. The molecule has 0 saturated heterocycles. The van der Waals surface area contributed by atoms with Gasteiger partial charge >= 0.3 is 0 Å². The maximum atomic E-state index is 5.71. The van der Waals surface area contributed by atoms with Crippen LogP contribution in [0.3, 0.4) is 0 Å². The molecule has 5 heteroatoms. The van der Waals surface area contributed by atoms with Gasteiger partial charge in [0.25, 0.3) is 0 Å². The molecule has 0 fully saturated rings. The molecule has 102 valence electrons. The highest BCUT2D eigenvalue weighted by molar-refractivity contribution is 9.10. The lowest BCUT2D eigenvalue weighted by atomic mass is 10.1. The minimum Gasteiger partial charge on any atom is -0.334 e. The van der Waals surface area contributed by atoms with Gasteiger partial charge in [-0.25, -0.2) is 10.4 Å². The number of halogens is 1. The maximum absolute atomic E-state index is 5.71. The van der Waals surface area contributed by atoms with Crippen molar-refractivity contribution in [2.75, 3.05) is 0 Å². The Labute approximate surface area is 122 Å². The van der Waals surface area contributed by atoms with Gasteiger partial charge < -0.3 is 4.57 Å². The Morgan fingerprint density at radius 3 is 2.89 bits per heavy atom. The summed E-state index contributed by atoms with van der Waals surface area (Å²) >= 11 is 3.57. The molecule has 2 rings (SSSR count). The molecule has 0 amide bonds. The molecule has 1 atom stereocenters. The summed E-state index contributed by atoms with van der Waals surface area (Å²) in [7, 11) is 0. The van der Waals surface area contributed by atoms with Crippen LogP contribution in [-0.4, -0.2) is 9.55 Å². The number of nitrogens with two attached hydrogens (primary N) is 1. The normalized spacial score (nSPS) is 12.6. The van der Waals surface area contributed by atoms with Gasteiger partial charge in [-0.2, -0.15) is 0 Å². The monoisotopic (exact) mass is 322 g/mol. The van der Waals surface area contributed by atoms with Crippen molar-refractivity contribution in [2.45, 2.75) is 32.4 Å². The minimum atomic E-state index is 0.0141. The van der Waals surface area contributed by atoms with Crippen LogP contribution in [0.1, 0.15) is 30.8 Å². The molecular weight excluding hydrogens is 304 g/mol. The summed E-state index contributed by atoms with van der Waals surface area (Å²) in [4.78, 5) is 4.44. The maximum Gasteiger partial charge on any atom is 0.127 e. The summed E-state index contributed by atoms with van der Waals surface area (Å²) in [5.74, 6) is 6.69. The third-order valence-electron chi connectivity index (χ3n) is 3.11. The molecule has 0 radical (unpaired) electrons. The largest absolute Gasteiger partial charge is 0.334 e. The fourth-order valence-electron chi connectivity index (χ4n) is 2.17. The Hall–Kier alpha value is -1.17. The highest BCUT2D eigenvalue weighted by Gasteiger charge is 2.17. The van der Waals surface area contributed by atoms with E-state index in [1.54, 1.807) is 0 Å². The second kappa shape index (κ2) is 6.84. The number of aryl methyl sites for hydroxylation is 1. The highest BCUT2D eigenvalue weighted by Crippen LogP contribution is 2.22. The summed E-state index contributed by atoms with van der Waals surface area (Å²) in [6.45, 7) is 3.12. The molecule has 0 saturated carbocycles. The zero-order valence-electron chi connectivity index (χ0n) is 11.0. The van der Waals surface area contributed by atoms with E-state index in [1.807, 2.05) is 30.6 Å². The van der Waals surface area contributed by atoms with E-state index in [0.717, 1.165) is 29.7 Å². The topological polar surface area (TPSA) is 55.9 Å². The first-order chi connectivity index (χ1) is 9.26. The zero-order valence-corrected chi connectivity index (χ0v) is 12.6. The van der Waals surface area contributed by atoms with E-state index in [2.05, 4.69) is 43.9 Å². The van der Waals surface area contributed by atoms with Crippen molar-refractivity contribution in [2.24, 2.45) is 5.84 Å². The first kappa shape index (κ1) is 14.2. The van der Waals surface area contributed by atoms with Gasteiger partial charge in [-0.1, -0.05) is 41.1 Å². The molecule has 2 aromatic rings. The Morgan fingerprint density at radius 2 is 2.21 bits per heavy atom. The van der Waals surface area contributed by atoms with Gasteiger partial charge in [0.15, 0.2) is 0 Å². The van der Waals surface area contributed by atoms with Crippen LogP contribution in [-0.2, 0) is 13.0 Å². The first-order valence-corrected chi connectivity index (χ1v) is 7.26. The Bertz CT molecular complexity index is 524. The van der Waals surface area contributed by atoms with Gasteiger partial charge in [-0.05, 0) is 24.5 Å². The van der Waals surface area contributed by atoms with Crippen molar-refractivity contribution in [1.82, 2.24) is 15.0 Å².